The van der Waals surface area contributed by atoms with Gasteiger partial charge in [0.15, 0.2) is 0 Å². The summed E-state index contributed by atoms with van der Waals surface area (Å²) in [7, 11) is 0. The van der Waals surface area contributed by atoms with Gasteiger partial charge in [-0.05, 0) is 54.0 Å². The van der Waals surface area contributed by atoms with E-state index in [1.807, 2.05) is 11.8 Å². The monoisotopic (exact) mass is 482 g/mol. The van der Waals surface area contributed by atoms with Crippen molar-refractivity contribution >= 4 is 11.8 Å². The van der Waals surface area contributed by atoms with Gasteiger partial charge in [0.1, 0.15) is 5.75 Å². The Morgan fingerprint density at radius 2 is 0.941 bits per heavy atom. The third kappa shape index (κ3) is 13.5. The third-order valence-corrected chi connectivity index (χ3v) is 7.67. The molecule has 0 unspecified atom stereocenters. The SMILES string of the molecule is CCCCCCCCCCOc1ccc(-c2ccc(SCCCCCCCCCC)cc2)cc1. The Balaban J connectivity index is 1.57. The molecule has 190 valence electrons. The van der Waals surface area contributed by atoms with Gasteiger partial charge in [-0.2, -0.15) is 0 Å². The van der Waals surface area contributed by atoms with Crippen LogP contribution in [0.4, 0.5) is 0 Å². The van der Waals surface area contributed by atoms with E-state index in [-0.39, 0.29) is 0 Å². The fourth-order valence-electron chi connectivity index (χ4n) is 4.34. The number of benzene rings is 2. The van der Waals surface area contributed by atoms with Crippen molar-refractivity contribution in [3.05, 3.63) is 48.5 Å². The van der Waals surface area contributed by atoms with Gasteiger partial charge in [0.05, 0.1) is 6.61 Å². The lowest BCUT2D eigenvalue weighted by atomic mass is 10.1. The minimum absolute atomic E-state index is 0.832. The molecule has 2 aromatic rings. The molecule has 0 amide bonds. The molecule has 0 radical (unpaired) electrons. The van der Waals surface area contributed by atoms with Crippen LogP contribution in [0.15, 0.2) is 53.4 Å². The summed E-state index contributed by atoms with van der Waals surface area (Å²) < 4.78 is 5.95. The molecular formula is C32H50OS. The summed E-state index contributed by atoms with van der Waals surface area (Å²) >= 11 is 2.00. The fourth-order valence-corrected chi connectivity index (χ4v) is 5.25. The van der Waals surface area contributed by atoms with Crippen molar-refractivity contribution in [2.75, 3.05) is 12.4 Å². The zero-order chi connectivity index (χ0) is 24.1. The molecule has 0 bridgehead atoms. The molecular weight excluding hydrogens is 432 g/mol. The van der Waals surface area contributed by atoms with Crippen LogP contribution in [0.25, 0.3) is 11.1 Å². The molecule has 0 aliphatic rings. The van der Waals surface area contributed by atoms with Crippen molar-refractivity contribution in [3.63, 3.8) is 0 Å². The Bertz CT molecular complexity index is 643. The Kier molecular flexibility index (Phi) is 16.8. The van der Waals surface area contributed by atoms with Crippen molar-refractivity contribution in [2.45, 2.75) is 121 Å². The molecule has 0 spiro atoms. The van der Waals surface area contributed by atoms with Gasteiger partial charge in [-0.3, -0.25) is 0 Å². The second-order valence-electron chi connectivity index (χ2n) is 9.70. The first-order valence-electron chi connectivity index (χ1n) is 14.3. The topological polar surface area (TPSA) is 9.23 Å². The van der Waals surface area contributed by atoms with Crippen LogP contribution >= 0.6 is 11.8 Å². The van der Waals surface area contributed by atoms with Gasteiger partial charge < -0.3 is 4.74 Å². The summed E-state index contributed by atoms with van der Waals surface area (Å²) in [6.07, 6.45) is 21.8. The second-order valence-corrected chi connectivity index (χ2v) is 10.9. The van der Waals surface area contributed by atoms with Crippen LogP contribution in [-0.2, 0) is 0 Å². The molecule has 2 heteroatoms. The molecule has 0 aliphatic carbocycles. The number of unbranched alkanes of at least 4 members (excludes halogenated alkanes) is 14. The first-order valence-corrected chi connectivity index (χ1v) is 15.3. The molecule has 0 saturated carbocycles. The van der Waals surface area contributed by atoms with Crippen molar-refractivity contribution in [3.8, 4) is 16.9 Å². The molecule has 1 nitrogen and oxygen atoms in total. The summed E-state index contributed by atoms with van der Waals surface area (Å²) in [5, 5.41) is 0. The van der Waals surface area contributed by atoms with Crippen LogP contribution in [0, 0.1) is 0 Å². The highest BCUT2D eigenvalue weighted by atomic mass is 32.2. The number of rotatable bonds is 21. The Labute approximate surface area is 215 Å². The zero-order valence-corrected chi connectivity index (χ0v) is 23.0. The maximum absolute atomic E-state index is 5.95. The van der Waals surface area contributed by atoms with E-state index in [0.717, 1.165) is 18.8 Å². The molecule has 2 rings (SSSR count). The highest BCUT2D eigenvalue weighted by Crippen LogP contribution is 2.26. The van der Waals surface area contributed by atoms with E-state index in [1.165, 1.54) is 118 Å². The molecule has 0 saturated heterocycles. The smallest absolute Gasteiger partial charge is 0.119 e. The Morgan fingerprint density at radius 1 is 0.500 bits per heavy atom. The highest BCUT2D eigenvalue weighted by Gasteiger charge is 2.01. The lowest BCUT2D eigenvalue weighted by molar-refractivity contribution is 0.304. The van der Waals surface area contributed by atoms with Crippen LogP contribution < -0.4 is 4.74 Å². The molecule has 0 heterocycles. The van der Waals surface area contributed by atoms with Gasteiger partial charge in [-0.25, -0.2) is 0 Å². The maximum atomic E-state index is 5.95. The van der Waals surface area contributed by atoms with E-state index in [1.54, 1.807) is 0 Å². The van der Waals surface area contributed by atoms with E-state index in [2.05, 4.69) is 62.4 Å². The van der Waals surface area contributed by atoms with E-state index in [4.69, 9.17) is 4.74 Å². The number of hydrogen-bond acceptors (Lipinski definition) is 2. The van der Waals surface area contributed by atoms with Crippen LogP contribution in [-0.4, -0.2) is 12.4 Å². The Hall–Kier alpha value is -1.41. The summed E-state index contributed by atoms with van der Waals surface area (Å²) in [5.41, 5.74) is 2.55. The van der Waals surface area contributed by atoms with Crippen molar-refractivity contribution in [2.24, 2.45) is 0 Å². The van der Waals surface area contributed by atoms with Gasteiger partial charge in [-0.1, -0.05) is 128 Å². The quantitative estimate of drug-likeness (QED) is 0.129. The molecule has 0 aromatic heterocycles. The van der Waals surface area contributed by atoms with Gasteiger partial charge in [0.2, 0.25) is 0 Å². The van der Waals surface area contributed by atoms with E-state index >= 15 is 0 Å². The molecule has 0 N–H and O–H groups in total. The highest BCUT2D eigenvalue weighted by molar-refractivity contribution is 7.99. The van der Waals surface area contributed by atoms with E-state index in [9.17, 15) is 0 Å². The lowest BCUT2D eigenvalue weighted by Crippen LogP contribution is -1.97. The maximum Gasteiger partial charge on any atom is 0.119 e. The average molecular weight is 483 g/mol. The number of ether oxygens (including phenoxy) is 1. The largest absolute Gasteiger partial charge is 0.494 e. The summed E-state index contributed by atoms with van der Waals surface area (Å²) in [4.78, 5) is 1.39. The van der Waals surface area contributed by atoms with Crippen LogP contribution in [0.5, 0.6) is 5.75 Å². The second kappa shape index (κ2) is 19.8. The average Bonchev–Trinajstić information content (AvgIpc) is 2.87. The van der Waals surface area contributed by atoms with Crippen molar-refractivity contribution in [1.29, 1.82) is 0 Å². The van der Waals surface area contributed by atoms with E-state index in [0.29, 0.717) is 0 Å². The van der Waals surface area contributed by atoms with Crippen molar-refractivity contribution < 1.29 is 4.74 Å². The Morgan fingerprint density at radius 3 is 1.47 bits per heavy atom. The van der Waals surface area contributed by atoms with Crippen LogP contribution in [0.3, 0.4) is 0 Å². The molecule has 0 aliphatic heterocycles. The van der Waals surface area contributed by atoms with Crippen molar-refractivity contribution in [1.82, 2.24) is 0 Å². The van der Waals surface area contributed by atoms with Crippen LogP contribution in [0.2, 0.25) is 0 Å². The predicted octanol–water partition coefficient (Wildman–Crippen LogP) is 11.1. The lowest BCUT2D eigenvalue weighted by Gasteiger charge is -2.08. The first-order chi connectivity index (χ1) is 16.8. The fraction of sp³-hybridized carbons (Fsp3) is 0.625. The number of hydrogen-bond donors (Lipinski definition) is 0. The van der Waals surface area contributed by atoms with Gasteiger partial charge in [0.25, 0.3) is 0 Å². The minimum atomic E-state index is 0.832. The van der Waals surface area contributed by atoms with Gasteiger partial charge in [0, 0.05) is 4.90 Å². The first kappa shape index (κ1) is 28.8. The van der Waals surface area contributed by atoms with E-state index < -0.39 is 0 Å². The summed E-state index contributed by atoms with van der Waals surface area (Å²) in [6, 6.07) is 17.7. The van der Waals surface area contributed by atoms with Crippen LogP contribution in [0.1, 0.15) is 117 Å². The summed E-state index contributed by atoms with van der Waals surface area (Å²) in [5.74, 6) is 2.23. The van der Waals surface area contributed by atoms with Gasteiger partial charge in [-0.15, -0.1) is 11.8 Å². The molecule has 0 fully saturated rings. The normalized spacial score (nSPS) is 11.1. The molecule has 0 atom stereocenters. The summed E-state index contributed by atoms with van der Waals surface area (Å²) in [6.45, 7) is 5.39. The standard InChI is InChI=1S/C32H50OS/c1-3-5-7-9-11-13-15-17-27-33-31-23-19-29(20-24-31)30-21-25-32(26-22-30)34-28-18-16-14-12-10-8-6-4-2/h19-26H,3-18,27-28H2,1-2H3. The van der Waals surface area contributed by atoms with Gasteiger partial charge >= 0.3 is 0 Å². The number of thioether (sulfide) groups is 1. The zero-order valence-electron chi connectivity index (χ0n) is 22.2. The minimum Gasteiger partial charge on any atom is -0.494 e. The predicted molar refractivity (Wildman–Crippen MR) is 153 cm³/mol. The molecule has 34 heavy (non-hydrogen) atoms. The third-order valence-electron chi connectivity index (χ3n) is 6.58. The molecule has 2 aromatic carbocycles.